The molecule has 4 nitrogen and oxygen atoms in total. The van der Waals surface area contributed by atoms with Crippen molar-refractivity contribution in [1.82, 2.24) is 15.6 Å². The van der Waals surface area contributed by atoms with Gasteiger partial charge in [0, 0.05) is 21.5 Å². The molecule has 6 heteroatoms. The van der Waals surface area contributed by atoms with E-state index in [1.165, 1.54) is 0 Å². The first-order valence-electron chi connectivity index (χ1n) is 7.41. The summed E-state index contributed by atoms with van der Waals surface area (Å²) in [5, 5.41) is 9.32. The molecule has 116 valence electrons. The molecule has 1 aromatic heterocycles. The standard InChI is InChI=1S/C16H18BrN3OS/c17-12-3-1-2-11(8-12)16-20-14(10-22-16)9-15(21)19-13-4-6-18-7-5-13/h1-3,8,10,13,18H,4-7,9H2,(H,19,21). The smallest absolute Gasteiger partial charge is 0.226 e. The molecule has 0 atom stereocenters. The second-order valence-electron chi connectivity index (χ2n) is 5.42. The van der Waals surface area contributed by atoms with E-state index in [9.17, 15) is 4.79 Å². The van der Waals surface area contributed by atoms with Gasteiger partial charge >= 0.3 is 0 Å². The minimum Gasteiger partial charge on any atom is -0.353 e. The highest BCUT2D eigenvalue weighted by atomic mass is 79.9. The van der Waals surface area contributed by atoms with Gasteiger partial charge in [-0.2, -0.15) is 0 Å². The maximum absolute atomic E-state index is 12.1. The number of aromatic nitrogens is 1. The highest BCUT2D eigenvalue weighted by molar-refractivity contribution is 9.10. The molecule has 3 rings (SSSR count). The molecule has 1 saturated heterocycles. The predicted molar refractivity (Wildman–Crippen MR) is 93.0 cm³/mol. The first kappa shape index (κ1) is 15.6. The lowest BCUT2D eigenvalue weighted by atomic mass is 10.1. The zero-order valence-electron chi connectivity index (χ0n) is 12.1. The SMILES string of the molecule is O=C(Cc1csc(-c2cccc(Br)c2)n1)NC1CCNCC1. The molecule has 1 aliphatic heterocycles. The summed E-state index contributed by atoms with van der Waals surface area (Å²) in [4.78, 5) is 16.7. The number of carbonyl (C=O) groups excluding carboxylic acids is 1. The summed E-state index contributed by atoms with van der Waals surface area (Å²) in [7, 11) is 0. The van der Waals surface area contributed by atoms with Gasteiger partial charge in [0.1, 0.15) is 5.01 Å². The summed E-state index contributed by atoms with van der Waals surface area (Å²) in [6.45, 7) is 1.96. The monoisotopic (exact) mass is 379 g/mol. The molecule has 1 amide bonds. The Morgan fingerprint density at radius 3 is 3.00 bits per heavy atom. The maximum Gasteiger partial charge on any atom is 0.226 e. The Balaban J connectivity index is 1.60. The fraction of sp³-hybridized carbons (Fsp3) is 0.375. The third kappa shape index (κ3) is 4.15. The van der Waals surface area contributed by atoms with Crippen molar-refractivity contribution in [1.29, 1.82) is 0 Å². The van der Waals surface area contributed by atoms with Gasteiger partial charge in [0.25, 0.3) is 0 Å². The number of amides is 1. The van der Waals surface area contributed by atoms with E-state index in [4.69, 9.17) is 0 Å². The van der Waals surface area contributed by atoms with Crippen LogP contribution in [-0.2, 0) is 11.2 Å². The summed E-state index contributed by atoms with van der Waals surface area (Å²) in [5.74, 6) is 0.0676. The average molecular weight is 380 g/mol. The molecule has 0 unspecified atom stereocenters. The fourth-order valence-corrected chi connectivity index (χ4v) is 3.77. The zero-order valence-corrected chi connectivity index (χ0v) is 14.5. The molecule has 0 bridgehead atoms. The number of halogens is 1. The summed E-state index contributed by atoms with van der Waals surface area (Å²) >= 11 is 5.05. The largest absolute Gasteiger partial charge is 0.353 e. The summed E-state index contributed by atoms with van der Waals surface area (Å²) < 4.78 is 1.03. The number of rotatable bonds is 4. The van der Waals surface area contributed by atoms with Gasteiger partial charge in [0.05, 0.1) is 12.1 Å². The van der Waals surface area contributed by atoms with Gasteiger partial charge < -0.3 is 10.6 Å². The second-order valence-corrected chi connectivity index (χ2v) is 7.20. The Morgan fingerprint density at radius 2 is 2.23 bits per heavy atom. The maximum atomic E-state index is 12.1. The van der Waals surface area contributed by atoms with Crippen LogP contribution in [0.1, 0.15) is 18.5 Å². The molecule has 22 heavy (non-hydrogen) atoms. The topological polar surface area (TPSA) is 54.0 Å². The molecular weight excluding hydrogens is 362 g/mol. The van der Waals surface area contributed by atoms with Crippen LogP contribution in [0.15, 0.2) is 34.1 Å². The number of hydrogen-bond acceptors (Lipinski definition) is 4. The molecule has 0 spiro atoms. The van der Waals surface area contributed by atoms with Crippen molar-refractivity contribution in [3.8, 4) is 10.6 Å². The number of carbonyl (C=O) groups is 1. The van der Waals surface area contributed by atoms with Crippen LogP contribution in [0.3, 0.4) is 0 Å². The lowest BCUT2D eigenvalue weighted by Gasteiger charge is -2.23. The summed E-state index contributed by atoms with van der Waals surface area (Å²) in [6.07, 6.45) is 2.37. The van der Waals surface area contributed by atoms with Crippen LogP contribution in [0.25, 0.3) is 10.6 Å². The van der Waals surface area contributed by atoms with Crippen molar-refractivity contribution in [2.75, 3.05) is 13.1 Å². The molecule has 0 saturated carbocycles. The first-order chi connectivity index (χ1) is 10.7. The molecule has 0 radical (unpaired) electrons. The van der Waals surface area contributed by atoms with Crippen LogP contribution >= 0.6 is 27.3 Å². The molecule has 2 N–H and O–H groups in total. The minimum atomic E-state index is 0.0676. The zero-order chi connectivity index (χ0) is 15.4. The Morgan fingerprint density at radius 1 is 1.41 bits per heavy atom. The van der Waals surface area contributed by atoms with Crippen molar-refractivity contribution in [2.24, 2.45) is 0 Å². The molecule has 0 aliphatic carbocycles. The van der Waals surface area contributed by atoms with Crippen molar-refractivity contribution < 1.29 is 4.79 Å². The van der Waals surface area contributed by atoms with E-state index in [0.717, 1.165) is 46.7 Å². The number of nitrogens with zero attached hydrogens (tertiary/aromatic N) is 1. The van der Waals surface area contributed by atoms with Gasteiger partial charge in [-0.05, 0) is 38.1 Å². The molecule has 1 fully saturated rings. The minimum absolute atomic E-state index is 0.0676. The normalized spacial score (nSPS) is 15.7. The van der Waals surface area contributed by atoms with Gasteiger partial charge in [-0.1, -0.05) is 28.1 Å². The fourth-order valence-electron chi connectivity index (χ4n) is 2.55. The third-order valence-electron chi connectivity index (χ3n) is 3.67. The first-order valence-corrected chi connectivity index (χ1v) is 9.08. The van der Waals surface area contributed by atoms with Crippen LogP contribution in [0.5, 0.6) is 0 Å². The van der Waals surface area contributed by atoms with Crippen molar-refractivity contribution in [2.45, 2.75) is 25.3 Å². The van der Waals surface area contributed by atoms with Crippen LogP contribution in [-0.4, -0.2) is 30.0 Å². The predicted octanol–water partition coefficient (Wildman–Crippen LogP) is 2.98. The molecule has 1 aliphatic rings. The van der Waals surface area contributed by atoms with Gasteiger partial charge in [0.2, 0.25) is 5.91 Å². The summed E-state index contributed by atoms with van der Waals surface area (Å²) in [5.41, 5.74) is 1.91. The van der Waals surface area contributed by atoms with Crippen LogP contribution in [0, 0.1) is 0 Å². The number of nitrogens with one attached hydrogen (secondary N) is 2. The average Bonchev–Trinajstić information content (AvgIpc) is 2.96. The van der Waals surface area contributed by atoms with E-state index in [0.29, 0.717) is 12.5 Å². The number of piperidine rings is 1. The molecule has 2 aromatic rings. The summed E-state index contributed by atoms with van der Waals surface area (Å²) in [6, 6.07) is 8.35. The lowest BCUT2D eigenvalue weighted by molar-refractivity contribution is -0.121. The third-order valence-corrected chi connectivity index (χ3v) is 5.10. The highest BCUT2D eigenvalue weighted by Gasteiger charge is 2.16. The molecule has 2 heterocycles. The Kier molecular flexibility index (Phi) is 5.23. The van der Waals surface area contributed by atoms with Crippen LogP contribution in [0.2, 0.25) is 0 Å². The van der Waals surface area contributed by atoms with E-state index < -0.39 is 0 Å². The second kappa shape index (κ2) is 7.35. The van der Waals surface area contributed by atoms with Gasteiger partial charge in [-0.3, -0.25) is 4.79 Å². The van der Waals surface area contributed by atoms with Gasteiger partial charge in [-0.25, -0.2) is 4.98 Å². The van der Waals surface area contributed by atoms with Gasteiger partial charge in [0.15, 0.2) is 0 Å². The lowest BCUT2D eigenvalue weighted by Crippen LogP contribution is -2.43. The van der Waals surface area contributed by atoms with E-state index in [2.05, 4.69) is 31.5 Å². The quantitative estimate of drug-likeness (QED) is 0.858. The van der Waals surface area contributed by atoms with Crippen LogP contribution < -0.4 is 10.6 Å². The molecular formula is C16H18BrN3OS. The van der Waals surface area contributed by atoms with Crippen molar-refractivity contribution in [3.63, 3.8) is 0 Å². The van der Waals surface area contributed by atoms with E-state index in [1.54, 1.807) is 11.3 Å². The van der Waals surface area contributed by atoms with E-state index in [-0.39, 0.29) is 5.91 Å². The molecule has 1 aromatic carbocycles. The number of thiazole rings is 1. The van der Waals surface area contributed by atoms with Gasteiger partial charge in [-0.15, -0.1) is 11.3 Å². The van der Waals surface area contributed by atoms with Crippen molar-refractivity contribution >= 4 is 33.2 Å². The van der Waals surface area contributed by atoms with Crippen molar-refractivity contribution in [3.05, 3.63) is 39.8 Å². The highest BCUT2D eigenvalue weighted by Crippen LogP contribution is 2.26. The van der Waals surface area contributed by atoms with E-state index in [1.807, 2.05) is 29.6 Å². The Hall–Kier alpha value is -1.24. The Labute approximate surface area is 142 Å². The Bertz CT molecular complexity index is 652. The van der Waals surface area contributed by atoms with Crippen LogP contribution in [0.4, 0.5) is 0 Å². The van der Waals surface area contributed by atoms with E-state index >= 15 is 0 Å². The number of benzene rings is 1. The number of hydrogen-bond donors (Lipinski definition) is 2.